The Bertz CT molecular complexity index is 1520. The van der Waals surface area contributed by atoms with Crippen molar-refractivity contribution in [1.82, 2.24) is 10.3 Å². The lowest BCUT2D eigenvalue weighted by molar-refractivity contribution is -0.122. The smallest absolute Gasteiger partial charge is 0.246 e. The summed E-state index contributed by atoms with van der Waals surface area (Å²) in [6.45, 7) is 1.78. The molecule has 0 bridgehead atoms. The number of amides is 2. The number of carbonyl (C=O) groups excluding carboxylic acids is 2. The molecule has 1 heterocycles. The van der Waals surface area contributed by atoms with Gasteiger partial charge in [-0.1, -0.05) is 53.5 Å². The summed E-state index contributed by atoms with van der Waals surface area (Å²) in [6, 6.07) is 20.0. The van der Waals surface area contributed by atoms with Crippen molar-refractivity contribution in [2.75, 3.05) is 24.2 Å². The number of anilines is 2. The highest BCUT2D eigenvalue weighted by atomic mass is 35.5. The van der Waals surface area contributed by atoms with Gasteiger partial charge in [0.1, 0.15) is 17.9 Å². The topological polar surface area (TPSA) is 97.5 Å². The quantitative estimate of drug-likeness (QED) is 0.214. The Kier molecular flexibility index (Phi) is 8.51. The number of halogens is 2. The van der Waals surface area contributed by atoms with E-state index in [-0.39, 0.29) is 24.1 Å². The molecule has 4 rings (SSSR count). The summed E-state index contributed by atoms with van der Waals surface area (Å²) in [5.41, 5.74) is 9.71. The summed E-state index contributed by atoms with van der Waals surface area (Å²) < 4.78 is 6.06. The van der Waals surface area contributed by atoms with E-state index in [1.807, 2.05) is 37.3 Å². The number of nitrogens with two attached hydrogens (primary N) is 1. The number of rotatable bonds is 8. The second-order valence-electron chi connectivity index (χ2n) is 8.60. The molecule has 0 aliphatic rings. The largest absolute Gasteiger partial charge is 0.487 e. The van der Waals surface area contributed by atoms with Crippen LogP contribution in [0.5, 0.6) is 5.75 Å². The van der Waals surface area contributed by atoms with Gasteiger partial charge in [0.05, 0.1) is 17.3 Å². The van der Waals surface area contributed by atoms with Crippen molar-refractivity contribution in [3.8, 4) is 5.75 Å². The number of carbonyl (C=O) groups is 2. The minimum absolute atomic E-state index is 0.0783. The summed E-state index contributed by atoms with van der Waals surface area (Å²) in [6.07, 6.45) is 2.99. The van der Waals surface area contributed by atoms with Crippen LogP contribution in [-0.4, -0.2) is 30.4 Å². The lowest BCUT2D eigenvalue weighted by Gasteiger charge is -2.21. The van der Waals surface area contributed by atoms with E-state index < -0.39 is 5.91 Å². The van der Waals surface area contributed by atoms with Gasteiger partial charge in [-0.25, -0.2) is 4.98 Å². The third-order valence-electron chi connectivity index (χ3n) is 5.87. The maximum absolute atomic E-state index is 12.8. The summed E-state index contributed by atoms with van der Waals surface area (Å²) >= 11 is 13.1. The van der Waals surface area contributed by atoms with Gasteiger partial charge >= 0.3 is 0 Å². The summed E-state index contributed by atoms with van der Waals surface area (Å²) in [7, 11) is 1.58. The van der Waals surface area contributed by atoms with Crippen LogP contribution in [0.3, 0.4) is 0 Å². The number of ether oxygens (including phenoxy) is 1. The van der Waals surface area contributed by atoms with Crippen molar-refractivity contribution in [3.63, 3.8) is 0 Å². The first kappa shape index (κ1) is 27.0. The number of nitrogens with zero attached hydrogens (tertiary/aromatic N) is 2. The van der Waals surface area contributed by atoms with E-state index in [1.165, 1.54) is 11.0 Å². The number of likely N-dealkylation sites (N-methyl/N-ethyl adjacent to an activating group) is 1. The fourth-order valence-electron chi connectivity index (χ4n) is 3.71. The highest BCUT2D eigenvalue weighted by Gasteiger charge is 2.19. The number of pyridine rings is 1. The van der Waals surface area contributed by atoms with Crippen molar-refractivity contribution < 1.29 is 14.3 Å². The molecule has 38 heavy (non-hydrogen) atoms. The van der Waals surface area contributed by atoms with E-state index in [9.17, 15) is 9.59 Å². The van der Waals surface area contributed by atoms with Gasteiger partial charge in [-0.2, -0.15) is 0 Å². The molecule has 194 valence electrons. The molecule has 0 unspecified atom stereocenters. The van der Waals surface area contributed by atoms with Crippen molar-refractivity contribution in [2.24, 2.45) is 0 Å². The molecule has 0 saturated heterocycles. The Hall–Kier alpha value is -4.07. The van der Waals surface area contributed by atoms with E-state index in [4.69, 9.17) is 33.7 Å². The standard InChI is InChI=1S/C29H26Cl2N4O3/c1-18-6-10-20-4-3-5-25(29(20)34-18)38-17-22-23(30)13-14-24(28(22)31)35(2)27(37)16-33-26(36)15-9-19-7-11-21(32)12-8-19/h3-15H,16-17,32H2,1-2H3,(H,33,36)/b15-9+. The molecule has 0 radical (unpaired) electrons. The maximum Gasteiger partial charge on any atom is 0.246 e. The Morgan fingerprint density at radius 2 is 1.82 bits per heavy atom. The molecule has 7 nitrogen and oxygen atoms in total. The highest BCUT2D eigenvalue weighted by molar-refractivity contribution is 6.38. The minimum Gasteiger partial charge on any atom is -0.487 e. The molecule has 0 spiro atoms. The normalized spacial score (nSPS) is 11.1. The second-order valence-corrected chi connectivity index (χ2v) is 9.38. The fraction of sp³-hybridized carbons (Fsp3) is 0.138. The van der Waals surface area contributed by atoms with Crippen LogP contribution in [0.15, 0.2) is 72.8 Å². The van der Waals surface area contributed by atoms with Crippen LogP contribution in [-0.2, 0) is 16.2 Å². The van der Waals surface area contributed by atoms with E-state index in [0.29, 0.717) is 27.7 Å². The van der Waals surface area contributed by atoms with Crippen LogP contribution >= 0.6 is 23.2 Å². The third kappa shape index (κ3) is 6.43. The zero-order chi connectivity index (χ0) is 27.2. The molecule has 1 aromatic heterocycles. The summed E-state index contributed by atoms with van der Waals surface area (Å²) in [5.74, 6) is -0.161. The fourth-order valence-corrected chi connectivity index (χ4v) is 4.32. The third-order valence-corrected chi connectivity index (χ3v) is 6.65. The van der Waals surface area contributed by atoms with Crippen LogP contribution in [0.1, 0.15) is 16.8 Å². The van der Waals surface area contributed by atoms with E-state index >= 15 is 0 Å². The molecular weight excluding hydrogens is 523 g/mol. The number of aromatic nitrogens is 1. The van der Waals surface area contributed by atoms with Gasteiger partial charge in [0.15, 0.2) is 0 Å². The molecule has 0 saturated carbocycles. The molecule has 0 aliphatic carbocycles. The van der Waals surface area contributed by atoms with Crippen molar-refractivity contribution in [2.45, 2.75) is 13.5 Å². The molecule has 4 aromatic rings. The predicted molar refractivity (Wildman–Crippen MR) is 154 cm³/mol. The van der Waals surface area contributed by atoms with Crippen molar-refractivity contribution in [3.05, 3.63) is 99.7 Å². The van der Waals surface area contributed by atoms with Crippen LogP contribution in [0, 0.1) is 6.92 Å². The Balaban J connectivity index is 1.42. The monoisotopic (exact) mass is 548 g/mol. The van der Waals surface area contributed by atoms with Gasteiger partial charge in [-0.15, -0.1) is 0 Å². The first-order chi connectivity index (χ1) is 18.2. The molecule has 0 aliphatic heterocycles. The van der Waals surface area contributed by atoms with E-state index in [1.54, 1.807) is 49.5 Å². The first-order valence-electron chi connectivity index (χ1n) is 11.8. The SMILES string of the molecule is Cc1ccc2cccc(OCc3c(Cl)ccc(N(C)C(=O)CNC(=O)/C=C/c4ccc(N)cc4)c3Cl)c2n1. The van der Waals surface area contributed by atoms with E-state index in [2.05, 4.69) is 10.3 Å². The van der Waals surface area contributed by atoms with Crippen LogP contribution in [0.2, 0.25) is 10.0 Å². The number of nitrogen functional groups attached to an aromatic ring is 1. The minimum atomic E-state index is -0.404. The summed E-state index contributed by atoms with van der Waals surface area (Å²) in [4.78, 5) is 30.9. The molecule has 0 atom stereocenters. The van der Waals surface area contributed by atoms with Crippen LogP contribution in [0.4, 0.5) is 11.4 Å². The first-order valence-corrected chi connectivity index (χ1v) is 12.5. The molecule has 0 fully saturated rings. The second kappa shape index (κ2) is 12.0. The number of hydrogen-bond donors (Lipinski definition) is 2. The highest BCUT2D eigenvalue weighted by Crippen LogP contribution is 2.35. The van der Waals surface area contributed by atoms with Gasteiger partial charge in [0.25, 0.3) is 0 Å². The molecule has 9 heteroatoms. The van der Waals surface area contributed by atoms with Crippen molar-refractivity contribution in [1.29, 1.82) is 0 Å². The summed E-state index contributed by atoms with van der Waals surface area (Å²) in [5, 5.41) is 4.23. The number of para-hydroxylation sites is 1. The van der Waals surface area contributed by atoms with Gasteiger partial charge in [0.2, 0.25) is 11.8 Å². The molecular formula is C29H26Cl2N4O3. The number of benzene rings is 3. The van der Waals surface area contributed by atoms with Gasteiger partial charge < -0.3 is 20.7 Å². The zero-order valence-corrected chi connectivity index (χ0v) is 22.4. The van der Waals surface area contributed by atoms with Gasteiger partial charge in [-0.05, 0) is 55.0 Å². The Labute approximate surface area is 230 Å². The Morgan fingerprint density at radius 3 is 2.58 bits per heavy atom. The molecule has 2 amide bonds. The maximum atomic E-state index is 12.8. The lowest BCUT2D eigenvalue weighted by atomic mass is 10.1. The molecule has 3 aromatic carbocycles. The Morgan fingerprint density at radius 1 is 1.05 bits per heavy atom. The van der Waals surface area contributed by atoms with Crippen LogP contribution in [0.25, 0.3) is 17.0 Å². The molecule has 3 N–H and O–H groups in total. The number of nitrogens with one attached hydrogen (secondary N) is 1. The average molecular weight is 549 g/mol. The predicted octanol–water partition coefficient (Wildman–Crippen LogP) is 5.80. The van der Waals surface area contributed by atoms with Gasteiger partial charge in [-0.3, -0.25) is 9.59 Å². The van der Waals surface area contributed by atoms with E-state index in [0.717, 1.165) is 22.2 Å². The van der Waals surface area contributed by atoms with Gasteiger partial charge in [0, 0.05) is 40.5 Å². The number of fused-ring (bicyclic) bond motifs is 1. The number of aryl methyl sites for hydroxylation is 1. The lowest BCUT2D eigenvalue weighted by Crippen LogP contribution is -2.37. The number of hydrogen-bond acceptors (Lipinski definition) is 5. The zero-order valence-electron chi connectivity index (χ0n) is 20.9. The van der Waals surface area contributed by atoms with Crippen LogP contribution < -0.4 is 20.7 Å². The average Bonchev–Trinajstić information content (AvgIpc) is 2.91. The van der Waals surface area contributed by atoms with Crippen molar-refractivity contribution >= 4 is 63.4 Å².